The molecule has 3 aliphatic heterocycles. The highest BCUT2D eigenvalue weighted by molar-refractivity contribution is 6.35. The molecule has 0 unspecified atom stereocenters. The van der Waals surface area contributed by atoms with Crippen LogP contribution in [0.5, 0.6) is 11.5 Å². The zero-order valence-electron chi connectivity index (χ0n) is 28.2. The molecule has 52 heavy (non-hydrogen) atoms. The Balaban J connectivity index is 1.22. The number of pyridine rings is 1. The van der Waals surface area contributed by atoms with Crippen molar-refractivity contribution in [2.45, 2.75) is 51.6 Å². The lowest BCUT2D eigenvalue weighted by Gasteiger charge is -2.44. The maximum Gasteiger partial charge on any atom is 0.415 e. The van der Waals surface area contributed by atoms with Crippen molar-refractivity contribution in [2.24, 2.45) is 5.92 Å². The molecular weight excluding hydrogens is 722 g/mol. The fraction of sp³-hybridized carbons (Fsp3) is 0.342. The molecule has 2 atom stereocenters. The van der Waals surface area contributed by atoms with Gasteiger partial charge < -0.3 is 18.9 Å². The summed E-state index contributed by atoms with van der Waals surface area (Å²) in [5.41, 5.74) is 1.71. The number of piperidine rings is 3. The van der Waals surface area contributed by atoms with E-state index in [0.29, 0.717) is 23.2 Å². The molecule has 0 saturated carbocycles. The van der Waals surface area contributed by atoms with Crippen LogP contribution in [0.15, 0.2) is 79.1 Å². The van der Waals surface area contributed by atoms with Crippen molar-refractivity contribution in [3.8, 4) is 11.5 Å². The second-order valence-electron chi connectivity index (χ2n) is 12.5. The quantitative estimate of drug-likeness (QED) is 0.125. The number of hydrogen-bond donors (Lipinski definition) is 0. The summed E-state index contributed by atoms with van der Waals surface area (Å²) in [7, 11) is 0. The molecule has 0 N–H and O–H groups in total. The molecule has 3 fully saturated rings. The largest absolute Gasteiger partial charge is 0.490 e. The van der Waals surface area contributed by atoms with Gasteiger partial charge in [0.2, 0.25) is 0 Å². The van der Waals surface area contributed by atoms with E-state index >= 15 is 4.39 Å². The Kier molecular flexibility index (Phi) is 12.1. The van der Waals surface area contributed by atoms with E-state index in [9.17, 15) is 18.4 Å². The maximum atomic E-state index is 15.0. The number of hydrogen-bond acceptors (Lipinski definition) is 8. The molecule has 1 aromatic heterocycles. The lowest BCUT2D eigenvalue weighted by molar-refractivity contribution is -0.0514. The van der Waals surface area contributed by atoms with Gasteiger partial charge in [-0.3, -0.25) is 14.8 Å². The van der Waals surface area contributed by atoms with Gasteiger partial charge in [0.15, 0.2) is 11.5 Å². The highest BCUT2D eigenvalue weighted by Gasteiger charge is 2.38. The van der Waals surface area contributed by atoms with E-state index in [1.165, 1.54) is 59.8 Å². The average Bonchev–Trinajstić information content (AvgIpc) is 3.13. The van der Waals surface area contributed by atoms with Crippen molar-refractivity contribution in [3.63, 3.8) is 0 Å². The van der Waals surface area contributed by atoms with Gasteiger partial charge in [-0.05, 0) is 91.9 Å². The van der Waals surface area contributed by atoms with E-state index in [0.717, 1.165) is 25.9 Å². The topological polar surface area (TPSA) is 90.4 Å². The average molecular weight is 759 g/mol. The number of aromatic nitrogens is 1. The summed E-state index contributed by atoms with van der Waals surface area (Å²) in [5, 5.41) is 0.485. The smallest absolute Gasteiger partial charge is 0.415 e. The number of amides is 1. The van der Waals surface area contributed by atoms with Gasteiger partial charge in [0.1, 0.15) is 18.0 Å². The number of rotatable bonds is 13. The second-order valence-corrected chi connectivity index (χ2v) is 13.3. The zero-order chi connectivity index (χ0) is 36.8. The van der Waals surface area contributed by atoms with Crippen molar-refractivity contribution < 1.29 is 41.7 Å². The van der Waals surface area contributed by atoms with Crippen molar-refractivity contribution in [1.29, 1.82) is 0 Å². The fourth-order valence-electron chi connectivity index (χ4n) is 6.51. The van der Waals surface area contributed by atoms with Crippen LogP contribution in [-0.4, -0.2) is 60.9 Å². The van der Waals surface area contributed by atoms with Crippen molar-refractivity contribution >= 4 is 41.0 Å². The van der Waals surface area contributed by atoms with Gasteiger partial charge in [-0.25, -0.2) is 14.0 Å². The Morgan fingerprint density at radius 3 is 2.33 bits per heavy atom. The van der Waals surface area contributed by atoms with Crippen LogP contribution in [0.2, 0.25) is 10.0 Å². The number of anilines is 1. The van der Waals surface area contributed by atoms with E-state index in [2.05, 4.69) is 14.6 Å². The summed E-state index contributed by atoms with van der Waals surface area (Å²) >= 11 is 12.8. The van der Waals surface area contributed by atoms with Crippen molar-refractivity contribution in [2.75, 3.05) is 31.1 Å². The van der Waals surface area contributed by atoms with Gasteiger partial charge >= 0.3 is 18.7 Å². The summed E-state index contributed by atoms with van der Waals surface area (Å²) in [4.78, 5) is 34.7. The molecule has 3 aliphatic rings. The van der Waals surface area contributed by atoms with Crippen LogP contribution in [0.1, 0.15) is 52.9 Å². The minimum atomic E-state index is -3.08. The van der Waals surface area contributed by atoms with Gasteiger partial charge in [-0.1, -0.05) is 53.5 Å². The Morgan fingerprint density at radius 1 is 0.981 bits per heavy atom. The van der Waals surface area contributed by atoms with E-state index in [-0.39, 0.29) is 64.4 Å². The number of esters is 1. The van der Waals surface area contributed by atoms with E-state index in [1.807, 2.05) is 0 Å². The van der Waals surface area contributed by atoms with E-state index < -0.39 is 30.6 Å². The van der Waals surface area contributed by atoms with Crippen LogP contribution in [0, 0.1) is 11.7 Å². The molecular formula is C38H36Cl2F3N3O6. The molecule has 0 spiro atoms. The molecule has 9 nitrogen and oxygen atoms in total. The standard InChI is InChI=1S/C38H36Cl2F3N3O6/c1-2-49-34-17-26(11-12-32(34)51-37(42)43)33(18-27-28(39)19-44-20-29(27)40)50-36(47)25-9-7-23(8-10-25)21-46(31-6-4-3-5-30(31)41)38(48)52-35-22-45-15-13-24(35)14-16-45/h3-12,17,19-20,24,33,35,37H,2,13-16,18,21-22H2,1H3/t33-,35-/m0/s1. The van der Waals surface area contributed by atoms with Gasteiger partial charge in [-0.15, -0.1) is 0 Å². The third-order valence-electron chi connectivity index (χ3n) is 9.19. The molecule has 7 rings (SSSR count). The monoisotopic (exact) mass is 757 g/mol. The first-order valence-electron chi connectivity index (χ1n) is 16.8. The number of halogens is 5. The lowest BCUT2D eigenvalue weighted by atomic mass is 9.86. The third kappa shape index (κ3) is 8.91. The number of nitrogens with zero attached hydrogens (tertiary/aromatic N) is 3. The predicted octanol–water partition coefficient (Wildman–Crippen LogP) is 8.91. The molecule has 14 heteroatoms. The number of benzene rings is 3. The molecule has 0 radical (unpaired) electrons. The summed E-state index contributed by atoms with van der Waals surface area (Å²) < 4.78 is 63.3. The van der Waals surface area contributed by atoms with Crippen LogP contribution < -0.4 is 14.4 Å². The third-order valence-corrected chi connectivity index (χ3v) is 9.84. The number of carbonyl (C=O) groups is 2. The highest BCUT2D eigenvalue weighted by Crippen LogP contribution is 2.37. The van der Waals surface area contributed by atoms with Crippen LogP contribution >= 0.6 is 23.2 Å². The first kappa shape index (κ1) is 37.2. The van der Waals surface area contributed by atoms with Crippen LogP contribution in [0.4, 0.5) is 23.7 Å². The Hall–Kier alpha value is -4.52. The molecule has 2 bridgehead atoms. The van der Waals surface area contributed by atoms with Crippen LogP contribution in [-0.2, 0) is 22.4 Å². The Morgan fingerprint density at radius 2 is 1.69 bits per heavy atom. The van der Waals surface area contributed by atoms with E-state index in [1.54, 1.807) is 31.2 Å². The Labute approximate surface area is 309 Å². The molecule has 0 aliphatic carbocycles. The van der Waals surface area contributed by atoms with Gasteiger partial charge in [0.25, 0.3) is 0 Å². The minimum Gasteiger partial charge on any atom is -0.490 e. The van der Waals surface area contributed by atoms with Gasteiger partial charge in [0, 0.05) is 25.4 Å². The first-order valence-corrected chi connectivity index (χ1v) is 17.6. The second kappa shape index (κ2) is 16.9. The summed E-state index contributed by atoms with van der Waals surface area (Å²) in [6.07, 6.45) is 2.80. The number of alkyl halides is 2. The summed E-state index contributed by atoms with van der Waals surface area (Å²) in [6, 6.07) is 16.6. The number of para-hydroxylation sites is 1. The molecule has 3 saturated heterocycles. The molecule has 4 heterocycles. The highest BCUT2D eigenvalue weighted by atomic mass is 35.5. The molecule has 4 aromatic rings. The normalized spacial score (nSPS) is 18.5. The summed E-state index contributed by atoms with van der Waals surface area (Å²) in [5.74, 6) is -1.17. The van der Waals surface area contributed by atoms with E-state index in [4.69, 9.17) is 37.4 Å². The first-order chi connectivity index (χ1) is 25.1. The van der Waals surface area contributed by atoms with Crippen LogP contribution in [0.25, 0.3) is 0 Å². The number of carbonyl (C=O) groups excluding carboxylic acids is 2. The SMILES string of the molecule is CCOc1cc([C@H](Cc2c(Cl)cncc2Cl)OC(=O)c2ccc(CN(C(=O)O[C@H]3CN4CCC3CC4)c3ccccc3F)cc2)ccc1OC(F)F. The Bertz CT molecular complexity index is 1860. The van der Waals surface area contributed by atoms with Gasteiger partial charge in [-0.2, -0.15) is 8.78 Å². The number of ether oxygens (including phenoxy) is 4. The minimum absolute atomic E-state index is 0.0178. The summed E-state index contributed by atoms with van der Waals surface area (Å²) in [6.45, 7) is 1.36. The zero-order valence-corrected chi connectivity index (χ0v) is 29.7. The fourth-order valence-corrected chi connectivity index (χ4v) is 7.03. The van der Waals surface area contributed by atoms with Crippen molar-refractivity contribution in [3.05, 3.63) is 117 Å². The van der Waals surface area contributed by atoms with Crippen molar-refractivity contribution in [1.82, 2.24) is 9.88 Å². The van der Waals surface area contributed by atoms with Crippen LogP contribution in [0.3, 0.4) is 0 Å². The molecule has 274 valence electrons. The lowest BCUT2D eigenvalue weighted by Crippen LogP contribution is -2.53. The number of fused-ring (bicyclic) bond motifs is 3. The molecule has 3 aromatic carbocycles. The molecule has 1 amide bonds. The maximum absolute atomic E-state index is 15.0. The van der Waals surface area contributed by atoms with Gasteiger partial charge in [0.05, 0.1) is 34.4 Å². The predicted molar refractivity (Wildman–Crippen MR) is 189 cm³/mol.